The summed E-state index contributed by atoms with van der Waals surface area (Å²) in [6.07, 6.45) is -4.60. The molecule has 1 aliphatic rings. The number of piperazine rings is 1. The van der Waals surface area contributed by atoms with Gasteiger partial charge in [-0.1, -0.05) is 18.2 Å². The Morgan fingerprint density at radius 1 is 0.909 bits per heavy atom. The highest BCUT2D eigenvalue weighted by Gasteiger charge is 2.36. The zero-order chi connectivity index (χ0) is 23.8. The van der Waals surface area contributed by atoms with Gasteiger partial charge in [0.05, 0.1) is 23.2 Å². The van der Waals surface area contributed by atoms with E-state index in [-0.39, 0.29) is 37.6 Å². The monoisotopic (exact) mass is 475 g/mol. The van der Waals surface area contributed by atoms with Crippen LogP contribution in [-0.2, 0) is 12.7 Å². The van der Waals surface area contributed by atoms with Gasteiger partial charge in [-0.2, -0.15) is 13.2 Å². The highest BCUT2D eigenvalue weighted by atomic mass is 32.1. The Hall–Kier alpha value is -3.07. The summed E-state index contributed by atoms with van der Waals surface area (Å²) >= 11 is 1.66. The normalized spacial score (nSPS) is 14.6. The SMILES string of the molecule is Cc1cc(C(=O)N2CCN(C(=O)c3ccccc3C(F)(F)F)CC2)c(C)n1Cc1cccs1. The maximum Gasteiger partial charge on any atom is 0.417 e. The van der Waals surface area contributed by atoms with Crippen molar-refractivity contribution < 1.29 is 22.8 Å². The highest BCUT2D eigenvalue weighted by Crippen LogP contribution is 2.32. The molecule has 1 fully saturated rings. The predicted octanol–water partition coefficient (Wildman–Crippen LogP) is 4.83. The van der Waals surface area contributed by atoms with Gasteiger partial charge in [0.1, 0.15) is 0 Å². The average molecular weight is 476 g/mol. The van der Waals surface area contributed by atoms with Crippen LogP contribution >= 0.6 is 11.3 Å². The topological polar surface area (TPSA) is 45.6 Å². The molecule has 3 heterocycles. The van der Waals surface area contributed by atoms with Crippen LogP contribution in [0.5, 0.6) is 0 Å². The van der Waals surface area contributed by atoms with E-state index in [2.05, 4.69) is 10.6 Å². The molecule has 0 unspecified atom stereocenters. The van der Waals surface area contributed by atoms with Gasteiger partial charge < -0.3 is 14.4 Å². The van der Waals surface area contributed by atoms with E-state index in [9.17, 15) is 22.8 Å². The molecule has 2 amide bonds. The molecule has 0 bridgehead atoms. The van der Waals surface area contributed by atoms with Crippen molar-refractivity contribution in [3.8, 4) is 0 Å². The van der Waals surface area contributed by atoms with E-state index in [4.69, 9.17) is 0 Å². The molecule has 0 radical (unpaired) electrons. The smallest absolute Gasteiger partial charge is 0.343 e. The van der Waals surface area contributed by atoms with Gasteiger partial charge in [0, 0.05) is 42.4 Å². The second-order valence-electron chi connectivity index (χ2n) is 8.08. The van der Waals surface area contributed by atoms with E-state index in [1.54, 1.807) is 16.2 Å². The molecule has 0 aliphatic carbocycles. The van der Waals surface area contributed by atoms with E-state index < -0.39 is 17.6 Å². The van der Waals surface area contributed by atoms with Gasteiger partial charge in [0.25, 0.3) is 11.8 Å². The number of hydrogen-bond acceptors (Lipinski definition) is 3. The maximum atomic E-state index is 13.3. The Morgan fingerprint density at radius 3 is 2.09 bits per heavy atom. The minimum Gasteiger partial charge on any atom is -0.343 e. The first-order chi connectivity index (χ1) is 15.7. The number of rotatable bonds is 4. The molecule has 9 heteroatoms. The molecule has 0 atom stereocenters. The van der Waals surface area contributed by atoms with Crippen molar-refractivity contribution in [2.75, 3.05) is 26.2 Å². The summed E-state index contributed by atoms with van der Waals surface area (Å²) < 4.78 is 42.0. The van der Waals surface area contributed by atoms with Crippen molar-refractivity contribution in [2.24, 2.45) is 0 Å². The Kier molecular flexibility index (Phi) is 6.34. The lowest BCUT2D eigenvalue weighted by atomic mass is 10.1. The van der Waals surface area contributed by atoms with Gasteiger partial charge >= 0.3 is 6.18 Å². The molecule has 174 valence electrons. The number of alkyl halides is 3. The first-order valence-corrected chi connectivity index (χ1v) is 11.5. The molecule has 33 heavy (non-hydrogen) atoms. The van der Waals surface area contributed by atoms with Gasteiger partial charge in [-0.05, 0) is 43.5 Å². The molecule has 1 saturated heterocycles. The van der Waals surface area contributed by atoms with Gasteiger partial charge in [-0.3, -0.25) is 9.59 Å². The molecule has 0 N–H and O–H groups in total. The standard InChI is InChI=1S/C24H24F3N3O2S/c1-16-14-20(17(2)30(16)15-18-6-5-13-33-18)23(32)29-11-9-28(10-12-29)22(31)19-7-3-4-8-21(19)24(25,26)27/h3-8,13-14H,9-12,15H2,1-2H3. The number of halogens is 3. The minimum atomic E-state index is -4.60. The third-order valence-corrected chi connectivity index (χ3v) is 6.88. The number of amides is 2. The predicted molar refractivity (Wildman–Crippen MR) is 121 cm³/mol. The van der Waals surface area contributed by atoms with Crippen LogP contribution in [0, 0.1) is 13.8 Å². The van der Waals surface area contributed by atoms with Gasteiger partial charge in [0.15, 0.2) is 0 Å². The van der Waals surface area contributed by atoms with Crippen molar-refractivity contribution in [2.45, 2.75) is 26.6 Å². The van der Waals surface area contributed by atoms with Crippen molar-refractivity contribution in [1.29, 1.82) is 0 Å². The summed E-state index contributed by atoms with van der Waals surface area (Å²) in [4.78, 5) is 30.2. The lowest BCUT2D eigenvalue weighted by Crippen LogP contribution is -2.50. The van der Waals surface area contributed by atoms with Crippen LogP contribution in [0.15, 0.2) is 47.8 Å². The fourth-order valence-electron chi connectivity index (χ4n) is 4.19. The largest absolute Gasteiger partial charge is 0.417 e. The molecule has 2 aromatic heterocycles. The summed E-state index contributed by atoms with van der Waals surface area (Å²) in [5.74, 6) is -0.785. The Morgan fingerprint density at radius 2 is 1.52 bits per heavy atom. The van der Waals surface area contributed by atoms with Crippen molar-refractivity contribution >= 4 is 23.2 Å². The fraction of sp³-hybridized carbons (Fsp3) is 0.333. The molecule has 1 aliphatic heterocycles. The molecule has 0 saturated carbocycles. The van der Waals surface area contributed by atoms with Crippen LogP contribution in [0.2, 0.25) is 0 Å². The third-order valence-electron chi connectivity index (χ3n) is 6.02. The fourth-order valence-corrected chi connectivity index (χ4v) is 4.88. The average Bonchev–Trinajstić information content (AvgIpc) is 3.41. The molecule has 4 rings (SSSR count). The molecular formula is C24H24F3N3O2S. The number of carbonyl (C=O) groups is 2. The van der Waals surface area contributed by atoms with Gasteiger partial charge in [0.2, 0.25) is 0 Å². The van der Waals surface area contributed by atoms with E-state index in [0.29, 0.717) is 12.1 Å². The third kappa shape index (κ3) is 4.68. The summed E-state index contributed by atoms with van der Waals surface area (Å²) in [5.41, 5.74) is 1.19. The van der Waals surface area contributed by atoms with Crippen LogP contribution in [0.4, 0.5) is 13.2 Å². The zero-order valence-electron chi connectivity index (χ0n) is 18.4. The van der Waals surface area contributed by atoms with Crippen molar-refractivity contribution in [3.63, 3.8) is 0 Å². The molecule has 3 aromatic rings. The van der Waals surface area contributed by atoms with Crippen molar-refractivity contribution in [1.82, 2.24) is 14.4 Å². The first-order valence-electron chi connectivity index (χ1n) is 10.6. The zero-order valence-corrected chi connectivity index (χ0v) is 19.2. The molecule has 1 aromatic carbocycles. The highest BCUT2D eigenvalue weighted by molar-refractivity contribution is 7.09. The number of hydrogen-bond donors (Lipinski definition) is 0. The Bertz CT molecular complexity index is 1160. The number of aryl methyl sites for hydroxylation is 1. The Balaban J connectivity index is 1.45. The number of carbonyl (C=O) groups excluding carboxylic acids is 2. The number of nitrogens with zero attached hydrogens (tertiary/aromatic N) is 3. The van der Waals surface area contributed by atoms with Crippen LogP contribution in [-0.4, -0.2) is 52.4 Å². The van der Waals surface area contributed by atoms with E-state index in [1.807, 2.05) is 31.4 Å². The second-order valence-corrected chi connectivity index (χ2v) is 9.11. The van der Waals surface area contributed by atoms with Crippen LogP contribution in [0.3, 0.4) is 0 Å². The maximum absolute atomic E-state index is 13.3. The molecular weight excluding hydrogens is 451 g/mol. The quantitative estimate of drug-likeness (QED) is 0.543. The first kappa shape index (κ1) is 23.1. The lowest BCUT2D eigenvalue weighted by molar-refractivity contribution is -0.138. The van der Waals surface area contributed by atoms with Gasteiger partial charge in [-0.25, -0.2) is 0 Å². The number of benzene rings is 1. The van der Waals surface area contributed by atoms with E-state index >= 15 is 0 Å². The van der Waals surface area contributed by atoms with Crippen LogP contribution in [0.1, 0.15) is 42.5 Å². The van der Waals surface area contributed by atoms with E-state index in [0.717, 1.165) is 17.5 Å². The van der Waals surface area contributed by atoms with Crippen LogP contribution in [0.25, 0.3) is 0 Å². The summed E-state index contributed by atoms with van der Waals surface area (Å²) in [7, 11) is 0. The second kappa shape index (κ2) is 9.05. The summed E-state index contributed by atoms with van der Waals surface area (Å²) in [6, 6.07) is 10.7. The minimum absolute atomic E-state index is 0.122. The van der Waals surface area contributed by atoms with Crippen LogP contribution < -0.4 is 0 Å². The summed E-state index contributed by atoms with van der Waals surface area (Å²) in [5, 5.41) is 2.02. The Labute approximate surface area is 194 Å². The molecule has 0 spiro atoms. The number of thiophene rings is 1. The van der Waals surface area contributed by atoms with E-state index in [1.165, 1.54) is 28.0 Å². The molecule has 5 nitrogen and oxygen atoms in total. The number of aromatic nitrogens is 1. The van der Waals surface area contributed by atoms with Gasteiger partial charge in [-0.15, -0.1) is 11.3 Å². The lowest BCUT2D eigenvalue weighted by Gasteiger charge is -2.35. The van der Waals surface area contributed by atoms with Crippen molar-refractivity contribution in [3.05, 3.63) is 80.8 Å². The summed E-state index contributed by atoms with van der Waals surface area (Å²) in [6.45, 7) is 5.49.